The summed E-state index contributed by atoms with van der Waals surface area (Å²) in [6.45, 7) is 19.3. The van der Waals surface area contributed by atoms with Crippen molar-refractivity contribution >= 4 is 0 Å². The van der Waals surface area contributed by atoms with E-state index in [1.807, 2.05) is 0 Å². The van der Waals surface area contributed by atoms with Gasteiger partial charge < -0.3 is 4.90 Å². The standard InChI is InChI=1S/C21H43N3/c1-18(2)12-16(13-19(3,4)23(18)10)22(9)17-14-20(5,6)24(11)21(7,8)15-17/h16-17H,12-15H2,1-11H3. The molecule has 24 heavy (non-hydrogen) atoms. The molecule has 0 atom stereocenters. The van der Waals surface area contributed by atoms with E-state index < -0.39 is 0 Å². The van der Waals surface area contributed by atoms with Crippen molar-refractivity contribution in [3.63, 3.8) is 0 Å². The first-order chi connectivity index (χ1) is 10.6. The van der Waals surface area contributed by atoms with Crippen LogP contribution >= 0.6 is 0 Å². The molecule has 2 saturated heterocycles. The Bertz CT molecular complexity index is 386. The lowest BCUT2D eigenvalue weighted by molar-refractivity contribution is -0.0839. The summed E-state index contributed by atoms with van der Waals surface area (Å²) in [7, 11) is 7.00. The Balaban J connectivity index is 2.21. The molecule has 0 aromatic heterocycles. The highest BCUT2D eigenvalue weighted by Crippen LogP contribution is 2.43. The number of likely N-dealkylation sites (tertiary alicyclic amines) is 2. The molecular weight excluding hydrogens is 294 g/mol. The highest BCUT2D eigenvalue weighted by Gasteiger charge is 2.48. The van der Waals surface area contributed by atoms with Gasteiger partial charge in [0, 0.05) is 34.2 Å². The lowest BCUT2D eigenvalue weighted by Gasteiger charge is -2.59. The van der Waals surface area contributed by atoms with Gasteiger partial charge in [-0.2, -0.15) is 0 Å². The van der Waals surface area contributed by atoms with Gasteiger partial charge >= 0.3 is 0 Å². The largest absolute Gasteiger partial charge is 0.300 e. The highest BCUT2D eigenvalue weighted by atomic mass is 15.3. The fourth-order valence-electron chi connectivity index (χ4n) is 5.51. The Labute approximate surface area is 151 Å². The fourth-order valence-corrected chi connectivity index (χ4v) is 5.51. The monoisotopic (exact) mass is 337 g/mol. The molecule has 142 valence electrons. The van der Waals surface area contributed by atoms with Gasteiger partial charge in [-0.25, -0.2) is 0 Å². The summed E-state index contributed by atoms with van der Waals surface area (Å²) in [5.41, 5.74) is 1.04. The zero-order valence-electron chi connectivity index (χ0n) is 18.3. The third kappa shape index (κ3) is 3.54. The Hall–Kier alpha value is -0.120. The number of hydrogen-bond acceptors (Lipinski definition) is 3. The van der Waals surface area contributed by atoms with E-state index in [-0.39, 0.29) is 22.2 Å². The van der Waals surface area contributed by atoms with Gasteiger partial charge in [-0.05, 0) is 102 Å². The molecule has 3 heteroatoms. The Kier molecular flexibility index (Phi) is 5.01. The van der Waals surface area contributed by atoms with Gasteiger partial charge in [0.15, 0.2) is 0 Å². The molecule has 2 aliphatic heterocycles. The number of piperidine rings is 2. The first kappa shape index (κ1) is 20.2. The molecule has 2 fully saturated rings. The third-order valence-corrected chi connectivity index (χ3v) is 7.72. The Morgan fingerprint density at radius 1 is 0.583 bits per heavy atom. The van der Waals surface area contributed by atoms with Gasteiger partial charge in [0.1, 0.15) is 0 Å². The van der Waals surface area contributed by atoms with Crippen molar-refractivity contribution in [3.8, 4) is 0 Å². The minimum absolute atomic E-state index is 0.261. The van der Waals surface area contributed by atoms with E-state index in [0.717, 1.165) is 0 Å². The maximum atomic E-state index is 2.74. The van der Waals surface area contributed by atoms with Crippen molar-refractivity contribution < 1.29 is 0 Å². The second-order valence-corrected chi connectivity index (χ2v) is 11.2. The van der Waals surface area contributed by atoms with E-state index in [9.17, 15) is 0 Å². The zero-order chi connectivity index (χ0) is 18.7. The first-order valence-electron chi connectivity index (χ1n) is 9.80. The van der Waals surface area contributed by atoms with Crippen LogP contribution in [-0.2, 0) is 0 Å². The molecule has 0 bridgehead atoms. The molecule has 0 saturated carbocycles. The summed E-state index contributed by atoms with van der Waals surface area (Å²) in [6, 6.07) is 1.34. The predicted octanol–water partition coefficient (Wildman–Crippen LogP) is 4.22. The second kappa shape index (κ2) is 5.96. The molecule has 3 nitrogen and oxygen atoms in total. The van der Waals surface area contributed by atoms with E-state index in [4.69, 9.17) is 0 Å². The highest BCUT2D eigenvalue weighted by molar-refractivity contribution is 5.05. The van der Waals surface area contributed by atoms with Crippen LogP contribution in [0.3, 0.4) is 0 Å². The van der Waals surface area contributed by atoms with Crippen molar-refractivity contribution in [1.82, 2.24) is 14.7 Å². The average Bonchev–Trinajstić information content (AvgIpc) is 2.39. The van der Waals surface area contributed by atoms with Crippen molar-refractivity contribution in [2.75, 3.05) is 21.1 Å². The predicted molar refractivity (Wildman–Crippen MR) is 106 cm³/mol. The molecule has 0 aromatic rings. The molecule has 2 aliphatic rings. The van der Waals surface area contributed by atoms with Gasteiger partial charge in [-0.15, -0.1) is 0 Å². The minimum Gasteiger partial charge on any atom is -0.300 e. The summed E-state index contributed by atoms with van der Waals surface area (Å²) in [4.78, 5) is 7.92. The minimum atomic E-state index is 0.261. The molecular formula is C21H43N3. The van der Waals surface area contributed by atoms with Crippen LogP contribution in [0.4, 0.5) is 0 Å². The van der Waals surface area contributed by atoms with Crippen LogP contribution in [-0.4, -0.2) is 70.1 Å². The van der Waals surface area contributed by atoms with E-state index in [1.165, 1.54) is 25.7 Å². The number of rotatable bonds is 2. The topological polar surface area (TPSA) is 9.72 Å². The van der Waals surface area contributed by atoms with Crippen LogP contribution in [0.25, 0.3) is 0 Å². The zero-order valence-corrected chi connectivity index (χ0v) is 18.3. The van der Waals surface area contributed by atoms with Crippen LogP contribution in [0.2, 0.25) is 0 Å². The molecule has 0 aromatic carbocycles. The van der Waals surface area contributed by atoms with Crippen LogP contribution in [0.5, 0.6) is 0 Å². The van der Waals surface area contributed by atoms with Gasteiger partial charge in [0.2, 0.25) is 0 Å². The Morgan fingerprint density at radius 3 is 1.00 bits per heavy atom. The molecule has 0 radical (unpaired) electrons. The lowest BCUT2D eigenvalue weighted by Crippen LogP contribution is -2.66. The number of hydrogen-bond donors (Lipinski definition) is 0. The van der Waals surface area contributed by atoms with E-state index >= 15 is 0 Å². The van der Waals surface area contributed by atoms with E-state index in [1.54, 1.807) is 0 Å². The van der Waals surface area contributed by atoms with Crippen LogP contribution in [0.1, 0.15) is 81.1 Å². The van der Waals surface area contributed by atoms with Crippen LogP contribution in [0, 0.1) is 0 Å². The summed E-state index contributed by atoms with van der Waals surface area (Å²) in [5, 5.41) is 0. The molecule has 2 rings (SSSR count). The molecule has 2 heterocycles. The smallest absolute Gasteiger partial charge is 0.0170 e. The van der Waals surface area contributed by atoms with Gasteiger partial charge in [0.05, 0.1) is 0 Å². The van der Waals surface area contributed by atoms with Crippen molar-refractivity contribution in [2.24, 2.45) is 0 Å². The average molecular weight is 338 g/mol. The molecule has 0 spiro atoms. The second-order valence-electron chi connectivity index (χ2n) is 11.2. The molecule has 0 unspecified atom stereocenters. The van der Waals surface area contributed by atoms with Crippen LogP contribution < -0.4 is 0 Å². The first-order valence-corrected chi connectivity index (χ1v) is 9.80. The lowest BCUT2D eigenvalue weighted by atomic mass is 9.74. The third-order valence-electron chi connectivity index (χ3n) is 7.72. The van der Waals surface area contributed by atoms with E-state index in [2.05, 4.69) is 91.2 Å². The normalized spacial score (nSPS) is 31.5. The summed E-state index contributed by atoms with van der Waals surface area (Å²) < 4.78 is 0. The van der Waals surface area contributed by atoms with Gasteiger partial charge in [-0.3, -0.25) is 9.80 Å². The molecule has 0 N–H and O–H groups in total. The van der Waals surface area contributed by atoms with Gasteiger partial charge in [-0.1, -0.05) is 0 Å². The van der Waals surface area contributed by atoms with E-state index in [0.29, 0.717) is 12.1 Å². The SMILES string of the molecule is CN(C1CC(C)(C)N(C)C(C)(C)C1)C1CC(C)(C)N(C)C(C)(C)C1. The van der Waals surface area contributed by atoms with Crippen LogP contribution in [0.15, 0.2) is 0 Å². The maximum absolute atomic E-state index is 2.74. The van der Waals surface area contributed by atoms with Gasteiger partial charge in [0.25, 0.3) is 0 Å². The summed E-state index contributed by atoms with van der Waals surface area (Å²) in [6.07, 6.45) is 5.04. The quantitative estimate of drug-likeness (QED) is 0.747. The fraction of sp³-hybridized carbons (Fsp3) is 1.00. The summed E-state index contributed by atoms with van der Waals surface area (Å²) >= 11 is 0. The van der Waals surface area contributed by atoms with Crippen molar-refractivity contribution in [3.05, 3.63) is 0 Å². The molecule has 0 aliphatic carbocycles. The Morgan fingerprint density at radius 2 is 0.792 bits per heavy atom. The van der Waals surface area contributed by atoms with Crippen molar-refractivity contribution in [1.29, 1.82) is 0 Å². The summed E-state index contributed by atoms with van der Waals surface area (Å²) in [5.74, 6) is 0. The molecule has 0 amide bonds. The maximum Gasteiger partial charge on any atom is 0.0170 e. The van der Waals surface area contributed by atoms with Crippen molar-refractivity contribution in [2.45, 2.75) is 115 Å². The number of nitrogens with zero attached hydrogens (tertiary/aromatic N) is 3.